The molecule has 0 bridgehead atoms. The zero-order valence-corrected chi connectivity index (χ0v) is 25.3. The number of likely N-dealkylation sites (tertiary alicyclic amines) is 1. The molecule has 1 aliphatic heterocycles. The van der Waals surface area contributed by atoms with Crippen LogP contribution >= 0.6 is 0 Å². The van der Waals surface area contributed by atoms with Gasteiger partial charge in [-0.1, -0.05) is 39.8 Å². The maximum Gasteiger partial charge on any atom is 0.253 e. The molecule has 2 aromatic carbocycles. The molecule has 0 radical (unpaired) electrons. The SMILES string of the molecule is COc1cccc(CNc2nc3ccc(C(=O)N(CCC(C)C)CCC(C)C)cc3n2CCCN2CCCC2)c1. The number of aromatic nitrogens is 2. The molecular weight excluding hydrogens is 498 g/mol. The van der Waals surface area contributed by atoms with Crippen molar-refractivity contribution < 1.29 is 9.53 Å². The highest BCUT2D eigenvalue weighted by molar-refractivity contribution is 5.97. The number of fused-ring (bicyclic) bond motifs is 1. The van der Waals surface area contributed by atoms with Crippen molar-refractivity contribution in [3.05, 3.63) is 53.6 Å². The maximum absolute atomic E-state index is 13.8. The number of nitrogens with zero attached hydrogens (tertiary/aromatic N) is 4. The average molecular weight is 548 g/mol. The molecule has 1 N–H and O–H groups in total. The number of methoxy groups -OCH3 is 1. The molecule has 1 aromatic heterocycles. The molecule has 218 valence electrons. The van der Waals surface area contributed by atoms with Crippen molar-refractivity contribution in [2.75, 3.05) is 45.2 Å². The molecule has 1 fully saturated rings. The lowest BCUT2D eigenvalue weighted by Gasteiger charge is -2.25. The van der Waals surface area contributed by atoms with Gasteiger partial charge >= 0.3 is 0 Å². The van der Waals surface area contributed by atoms with E-state index in [1.54, 1.807) is 7.11 Å². The first kappa shape index (κ1) is 29.9. The third-order valence-electron chi connectivity index (χ3n) is 7.87. The summed E-state index contributed by atoms with van der Waals surface area (Å²) in [5.41, 5.74) is 3.83. The molecule has 40 heavy (non-hydrogen) atoms. The molecule has 1 saturated heterocycles. The first-order valence-corrected chi connectivity index (χ1v) is 15.2. The fourth-order valence-corrected chi connectivity index (χ4v) is 5.36. The molecule has 0 saturated carbocycles. The van der Waals surface area contributed by atoms with Crippen molar-refractivity contribution >= 4 is 22.9 Å². The predicted molar refractivity (Wildman–Crippen MR) is 165 cm³/mol. The van der Waals surface area contributed by atoms with Crippen LogP contribution < -0.4 is 10.1 Å². The van der Waals surface area contributed by atoms with E-state index in [-0.39, 0.29) is 5.91 Å². The Bertz CT molecular complexity index is 1220. The summed E-state index contributed by atoms with van der Waals surface area (Å²) in [7, 11) is 1.69. The molecular formula is C33H49N5O2. The quantitative estimate of drug-likeness (QED) is 0.230. The topological polar surface area (TPSA) is 62.6 Å². The van der Waals surface area contributed by atoms with Crippen molar-refractivity contribution in [2.45, 2.75) is 72.9 Å². The Balaban J connectivity index is 1.59. The number of amides is 1. The molecule has 0 unspecified atom stereocenters. The van der Waals surface area contributed by atoms with Crippen LogP contribution in [0.3, 0.4) is 0 Å². The summed E-state index contributed by atoms with van der Waals surface area (Å²) in [6, 6.07) is 14.1. The van der Waals surface area contributed by atoms with E-state index >= 15 is 0 Å². The van der Waals surface area contributed by atoms with Crippen LogP contribution in [0.15, 0.2) is 42.5 Å². The first-order chi connectivity index (χ1) is 19.3. The Morgan fingerprint density at radius 3 is 2.40 bits per heavy atom. The molecule has 1 amide bonds. The van der Waals surface area contributed by atoms with Gasteiger partial charge in [-0.25, -0.2) is 4.98 Å². The van der Waals surface area contributed by atoms with E-state index in [0.29, 0.717) is 18.4 Å². The lowest BCUT2D eigenvalue weighted by Crippen LogP contribution is -2.34. The Labute approximate surface area is 240 Å². The number of anilines is 1. The fraction of sp³-hybridized carbons (Fsp3) is 0.576. The van der Waals surface area contributed by atoms with E-state index in [2.05, 4.69) is 59.5 Å². The Hall–Kier alpha value is -3.06. The van der Waals surface area contributed by atoms with Gasteiger partial charge in [0.1, 0.15) is 5.75 Å². The summed E-state index contributed by atoms with van der Waals surface area (Å²) in [5, 5.41) is 3.57. The summed E-state index contributed by atoms with van der Waals surface area (Å²) < 4.78 is 7.68. The number of carbonyl (C=O) groups is 1. The van der Waals surface area contributed by atoms with Crippen LogP contribution in [0.5, 0.6) is 5.75 Å². The van der Waals surface area contributed by atoms with Gasteiger partial charge < -0.3 is 24.4 Å². The van der Waals surface area contributed by atoms with Crippen LogP contribution in [-0.4, -0.2) is 65.1 Å². The van der Waals surface area contributed by atoms with Crippen LogP contribution in [-0.2, 0) is 13.1 Å². The summed E-state index contributed by atoms with van der Waals surface area (Å²) in [6.45, 7) is 15.5. The number of benzene rings is 2. The second-order valence-electron chi connectivity index (χ2n) is 12.1. The minimum Gasteiger partial charge on any atom is -0.497 e. The molecule has 0 atom stereocenters. The zero-order valence-electron chi connectivity index (χ0n) is 25.3. The number of nitrogens with one attached hydrogen (secondary N) is 1. The molecule has 0 spiro atoms. The molecule has 7 heteroatoms. The Kier molecular flexibility index (Phi) is 10.9. The largest absolute Gasteiger partial charge is 0.497 e. The minimum absolute atomic E-state index is 0.124. The summed E-state index contributed by atoms with van der Waals surface area (Å²) in [4.78, 5) is 23.3. The number of rotatable bonds is 15. The van der Waals surface area contributed by atoms with Crippen molar-refractivity contribution in [2.24, 2.45) is 11.8 Å². The second kappa shape index (κ2) is 14.5. The number of hydrogen-bond donors (Lipinski definition) is 1. The summed E-state index contributed by atoms with van der Waals surface area (Å²) in [6.07, 6.45) is 5.68. The highest BCUT2D eigenvalue weighted by atomic mass is 16.5. The average Bonchev–Trinajstić information content (AvgIpc) is 3.59. The zero-order chi connectivity index (χ0) is 28.5. The number of aryl methyl sites for hydroxylation is 1. The number of hydrogen-bond acceptors (Lipinski definition) is 5. The van der Waals surface area contributed by atoms with Gasteiger partial charge in [0.2, 0.25) is 5.95 Å². The normalized spacial score (nSPS) is 14.0. The predicted octanol–water partition coefficient (Wildman–Crippen LogP) is 6.68. The van der Waals surface area contributed by atoms with Crippen molar-refractivity contribution in [3.8, 4) is 5.75 Å². The third kappa shape index (κ3) is 8.23. The third-order valence-corrected chi connectivity index (χ3v) is 7.87. The van der Waals surface area contributed by atoms with E-state index in [9.17, 15) is 4.79 Å². The van der Waals surface area contributed by atoms with Gasteiger partial charge in [0.25, 0.3) is 5.91 Å². The number of carbonyl (C=O) groups excluding carboxylic acids is 1. The van der Waals surface area contributed by atoms with Crippen LogP contribution in [0.2, 0.25) is 0 Å². The molecule has 1 aliphatic rings. The minimum atomic E-state index is 0.124. The van der Waals surface area contributed by atoms with E-state index in [0.717, 1.165) is 79.3 Å². The van der Waals surface area contributed by atoms with Crippen molar-refractivity contribution in [1.82, 2.24) is 19.4 Å². The molecule has 2 heterocycles. The fourth-order valence-electron chi connectivity index (χ4n) is 5.36. The van der Waals surface area contributed by atoms with Crippen LogP contribution in [0.1, 0.15) is 75.7 Å². The van der Waals surface area contributed by atoms with Gasteiger partial charge in [0, 0.05) is 31.7 Å². The molecule has 0 aliphatic carbocycles. The summed E-state index contributed by atoms with van der Waals surface area (Å²) in [5.74, 6) is 2.94. The number of imidazole rings is 1. The molecule has 7 nitrogen and oxygen atoms in total. The standard InChI is InChI=1S/C33H49N5O2/c1-25(2)14-20-37(21-15-26(3)4)32(39)28-12-13-30-31(23-28)38(19-9-18-36-16-6-7-17-36)33(35-30)34-24-27-10-8-11-29(22-27)40-5/h8,10-13,22-23,25-26H,6-7,9,14-21,24H2,1-5H3,(H,34,35). The van der Waals surface area contributed by atoms with Gasteiger partial charge in [0.05, 0.1) is 18.1 Å². The van der Waals surface area contributed by atoms with Gasteiger partial charge in [-0.2, -0.15) is 0 Å². The van der Waals surface area contributed by atoms with Gasteiger partial charge in [-0.3, -0.25) is 4.79 Å². The Morgan fingerprint density at radius 2 is 1.73 bits per heavy atom. The van der Waals surface area contributed by atoms with E-state index in [4.69, 9.17) is 9.72 Å². The number of ether oxygens (including phenoxy) is 1. The van der Waals surface area contributed by atoms with Crippen molar-refractivity contribution in [1.29, 1.82) is 0 Å². The smallest absolute Gasteiger partial charge is 0.253 e. The van der Waals surface area contributed by atoms with Gasteiger partial charge in [-0.05, 0) is 99.5 Å². The molecule has 4 rings (SSSR count). The van der Waals surface area contributed by atoms with Crippen LogP contribution in [0.25, 0.3) is 11.0 Å². The lowest BCUT2D eigenvalue weighted by molar-refractivity contribution is 0.0741. The van der Waals surface area contributed by atoms with Gasteiger partial charge in [0.15, 0.2) is 0 Å². The van der Waals surface area contributed by atoms with Crippen LogP contribution in [0.4, 0.5) is 5.95 Å². The Morgan fingerprint density at radius 1 is 1.00 bits per heavy atom. The van der Waals surface area contributed by atoms with E-state index in [1.807, 2.05) is 30.3 Å². The van der Waals surface area contributed by atoms with E-state index < -0.39 is 0 Å². The maximum atomic E-state index is 13.8. The monoisotopic (exact) mass is 547 g/mol. The van der Waals surface area contributed by atoms with Gasteiger partial charge in [-0.15, -0.1) is 0 Å². The van der Waals surface area contributed by atoms with Crippen LogP contribution in [0, 0.1) is 11.8 Å². The highest BCUT2D eigenvalue weighted by Crippen LogP contribution is 2.24. The van der Waals surface area contributed by atoms with E-state index in [1.165, 1.54) is 25.9 Å². The second-order valence-corrected chi connectivity index (χ2v) is 12.1. The molecule has 3 aromatic rings. The van der Waals surface area contributed by atoms with Crippen molar-refractivity contribution in [3.63, 3.8) is 0 Å². The summed E-state index contributed by atoms with van der Waals surface area (Å²) >= 11 is 0. The first-order valence-electron chi connectivity index (χ1n) is 15.2. The lowest BCUT2D eigenvalue weighted by atomic mass is 10.1. The highest BCUT2D eigenvalue weighted by Gasteiger charge is 2.20.